The van der Waals surface area contributed by atoms with Crippen LogP contribution in [0.3, 0.4) is 0 Å². The van der Waals surface area contributed by atoms with Crippen LogP contribution in [0.1, 0.15) is 26.0 Å². The molecule has 88 valence electrons. The van der Waals surface area contributed by atoms with E-state index >= 15 is 0 Å². The molecule has 5 nitrogen and oxygen atoms in total. The number of aromatic nitrogens is 2. The van der Waals surface area contributed by atoms with Crippen molar-refractivity contribution < 1.29 is 9.53 Å². The van der Waals surface area contributed by atoms with Gasteiger partial charge in [0.15, 0.2) is 0 Å². The lowest BCUT2D eigenvalue weighted by atomic mass is 9.94. The molecule has 0 spiro atoms. The van der Waals surface area contributed by atoms with E-state index in [0.29, 0.717) is 6.61 Å². The van der Waals surface area contributed by atoms with Crippen molar-refractivity contribution >= 4 is 5.97 Å². The zero-order valence-electron chi connectivity index (χ0n) is 9.86. The van der Waals surface area contributed by atoms with Crippen molar-refractivity contribution in [1.29, 1.82) is 0 Å². The Morgan fingerprint density at radius 3 is 2.81 bits per heavy atom. The minimum Gasteiger partial charge on any atom is -0.466 e. The minimum atomic E-state index is -0.541. The molecule has 0 radical (unpaired) electrons. The van der Waals surface area contributed by atoms with Gasteiger partial charge in [-0.2, -0.15) is 0 Å². The van der Waals surface area contributed by atoms with Gasteiger partial charge < -0.3 is 10.1 Å². The summed E-state index contributed by atoms with van der Waals surface area (Å²) in [6, 6.07) is 0. The number of carbonyl (C=O) groups excluding carboxylic acids is 1. The number of nitrogens with zero attached hydrogens (tertiary/aromatic N) is 2. The highest BCUT2D eigenvalue weighted by atomic mass is 16.5. The molecule has 0 fully saturated rings. The van der Waals surface area contributed by atoms with Gasteiger partial charge in [-0.15, -0.1) is 0 Å². The molecular formula is C11H17N3O2. The fourth-order valence-corrected chi connectivity index (χ4v) is 1.39. The van der Waals surface area contributed by atoms with Crippen molar-refractivity contribution in [2.24, 2.45) is 0 Å². The van der Waals surface area contributed by atoms with E-state index in [1.807, 2.05) is 6.92 Å². The maximum Gasteiger partial charge on any atom is 0.308 e. The summed E-state index contributed by atoms with van der Waals surface area (Å²) in [7, 11) is 1.79. The van der Waals surface area contributed by atoms with E-state index in [9.17, 15) is 4.79 Å². The van der Waals surface area contributed by atoms with Gasteiger partial charge in [-0.1, -0.05) is 0 Å². The van der Waals surface area contributed by atoms with E-state index in [4.69, 9.17) is 4.74 Å². The SMILES string of the molecule is CCOC(=O)CC(C)(NC)c1cnccn1. The molecule has 1 N–H and O–H groups in total. The molecule has 0 bridgehead atoms. The Morgan fingerprint density at radius 1 is 1.56 bits per heavy atom. The molecule has 0 aliphatic heterocycles. The van der Waals surface area contributed by atoms with Gasteiger partial charge in [-0.05, 0) is 20.9 Å². The van der Waals surface area contributed by atoms with E-state index in [1.165, 1.54) is 0 Å². The normalized spacial score (nSPS) is 14.2. The molecule has 0 saturated carbocycles. The van der Waals surface area contributed by atoms with Crippen LogP contribution in [0.2, 0.25) is 0 Å². The Morgan fingerprint density at radius 2 is 2.31 bits per heavy atom. The number of ether oxygens (including phenoxy) is 1. The average molecular weight is 223 g/mol. The second-order valence-electron chi connectivity index (χ2n) is 3.65. The Bertz CT molecular complexity index is 342. The predicted octanol–water partition coefficient (Wildman–Crippen LogP) is 0.864. The van der Waals surface area contributed by atoms with Gasteiger partial charge in [0, 0.05) is 12.4 Å². The Hall–Kier alpha value is -1.49. The van der Waals surface area contributed by atoms with Crippen molar-refractivity contribution in [2.45, 2.75) is 25.8 Å². The minimum absolute atomic E-state index is 0.232. The maximum atomic E-state index is 11.5. The molecule has 0 aliphatic carbocycles. The summed E-state index contributed by atoms with van der Waals surface area (Å²) in [5, 5.41) is 3.08. The highest BCUT2D eigenvalue weighted by Gasteiger charge is 2.30. The van der Waals surface area contributed by atoms with Crippen molar-refractivity contribution in [2.75, 3.05) is 13.7 Å². The van der Waals surface area contributed by atoms with Crippen LogP contribution in [0.5, 0.6) is 0 Å². The highest BCUT2D eigenvalue weighted by molar-refractivity contribution is 5.71. The Labute approximate surface area is 95.3 Å². The fraction of sp³-hybridized carbons (Fsp3) is 0.545. The first-order valence-corrected chi connectivity index (χ1v) is 5.23. The molecule has 1 aromatic rings. The van der Waals surface area contributed by atoms with Crippen LogP contribution < -0.4 is 5.32 Å². The summed E-state index contributed by atoms with van der Waals surface area (Å²) in [5.41, 5.74) is 0.186. The molecule has 0 saturated heterocycles. The van der Waals surface area contributed by atoms with Gasteiger partial charge in [0.25, 0.3) is 0 Å². The van der Waals surface area contributed by atoms with Crippen LogP contribution in [0.25, 0.3) is 0 Å². The quantitative estimate of drug-likeness (QED) is 0.750. The van der Waals surface area contributed by atoms with E-state index in [0.717, 1.165) is 5.69 Å². The third kappa shape index (κ3) is 3.00. The van der Waals surface area contributed by atoms with E-state index in [-0.39, 0.29) is 12.4 Å². The molecule has 1 heterocycles. The molecule has 0 aromatic carbocycles. The van der Waals surface area contributed by atoms with Crippen LogP contribution in [-0.4, -0.2) is 29.6 Å². The Balaban J connectivity index is 2.82. The van der Waals surface area contributed by atoms with Crippen molar-refractivity contribution in [3.8, 4) is 0 Å². The molecule has 1 rings (SSSR count). The average Bonchev–Trinajstić information content (AvgIpc) is 2.30. The summed E-state index contributed by atoms with van der Waals surface area (Å²) >= 11 is 0. The van der Waals surface area contributed by atoms with Crippen molar-refractivity contribution in [3.05, 3.63) is 24.3 Å². The highest BCUT2D eigenvalue weighted by Crippen LogP contribution is 2.21. The zero-order chi connectivity index (χ0) is 12.0. The number of carbonyl (C=O) groups is 1. The summed E-state index contributed by atoms with van der Waals surface area (Å²) in [4.78, 5) is 19.7. The van der Waals surface area contributed by atoms with Gasteiger partial charge in [-0.25, -0.2) is 0 Å². The fourth-order valence-electron chi connectivity index (χ4n) is 1.39. The second kappa shape index (κ2) is 5.55. The number of hydrogen-bond donors (Lipinski definition) is 1. The lowest BCUT2D eigenvalue weighted by Gasteiger charge is -2.27. The topological polar surface area (TPSA) is 64.1 Å². The molecule has 5 heteroatoms. The van der Waals surface area contributed by atoms with Crippen LogP contribution in [-0.2, 0) is 15.1 Å². The van der Waals surface area contributed by atoms with Crippen LogP contribution in [0.4, 0.5) is 0 Å². The van der Waals surface area contributed by atoms with Crippen LogP contribution in [0, 0.1) is 0 Å². The molecule has 0 aliphatic rings. The molecule has 1 atom stereocenters. The second-order valence-corrected chi connectivity index (χ2v) is 3.65. The first-order chi connectivity index (χ1) is 7.62. The number of rotatable bonds is 5. The van der Waals surface area contributed by atoms with Gasteiger partial charge in [0.2, 0.25) is 0 Å². The first-order valence-electron chi connectivity index (χ1n) is 5.23. The number of esters is 1. The maximum absolute atomic E-state index is 11.5. The molecule has 1 aromatic heterocycles. The van der Waals surface area contributed by atoms with Gasteiger partial charge in [0.05, 0.1) is 30.5 Å². The number of hydrogen-bond acceptors (Lipinski definition) is 5. The lowest BCUT2D eigenvalue weighted by Crippen LogP contribution is -2.40. The van der Waals surface area contributed by atoms with Gasteiger partial charge in [0.1, 0.15) is 0 Å². The summed E-state index contributed by atoms with van der Waals surface area (Å²) in [6.45, 7) is 4.07. The van der Waals surface area contributed by atoms with Crippen molar-refractivity contribution in [3.63, 3.8) is 0 Å². The van der Waals surface area contributed by atoms with Gasteiger partial charge >= 0.3 is 5.97 Å². The standard InChI is InChI=1S/C11H17N3O2/c1-4-16-10(15)7-11(2,12-3)9-8-13-5-6-14-9/h5-6,8,12H,4,7H2,1-3H3. The molecule has 16 heavy (non-hydrogen) atoms. The van der Waals surface area contributed by atoms with Crippen molar-refractivity contribution in [1.82, 2.24) is 15.3 Å². The first kappa shape index (κ1) is 12.6. The van der Waals surface area contributed by atoms with Gasteiger partial charge in [-0.3, -0.25) is 14.8 Å². The lowest BCUT2D eigenvalue weighted by molar-refractivity contribution is -0.144. The molecule has 0 amide bonds. The molecule has 1 unspecified atom stereocenters. The van der Waals surface area contributed by atoms with Crippen LogP contribution in [0.15, 0.2) is 18.6 Å². The monoisotopic (exact) mass is 223 g/mol. The van der Waals surface area contributed by atoms with E-state index in [1.54, 1.807) is 32.6 Å². The summed E-state index contributed by atoms with van der Waals surface area (Å²) < 4.78 is 4.93. The third-order valence-electron chi connectivity index (χ3n) is 2.48. The van der Waals surface area contributed by atoms with E-state index in [2.05, 4.69) is 15.3 Å². The zero-order valence-corrected chi connectivity index (χ0v) is 9.86. The molecular weight excluding hydrogens is 206 g/mol. The Kier molecular flexibility index (Phi) is 4.37. The van der Waals surface area contributed by atoms with E-state index < -0.39 is 5.54 Å². The number of nitrogens with one attached hydrogen (secondary N) is 1. The van der Waals surface area contributed by atoms with Crippen LogP contribution >= 0.6 is 0 Å². The smallest absolute Gasteiger partial charge is 0.308 e. The summed E-state index contributed by atoms with van der Waals surface area (Å²) in [6.07, 6.45) is 5.09. The third-order valence-corrected chi connectivity index (χ3v) is 2.48. The summed E-state index contributed by atoms with van der Waals surface area (Å²) in [5.74, 6) is -0.245. The predicted molar refractivity (Wildman–Crippen MR) is 59.7 cm³/mol. The largest absolute Gasteiger partial charge is 0.466 e.